The Hall–Kier alpha value is -4.87. The van der Waals surface area contributed by atoms with E-state index in [1.54, 1.807) is 36.8 Å². The lowest BCUT2D eigenvalue weighted by Gasteiger charge is -2.13. The van der Waals surface area contributed by atoms with Crippen molar-refractivity contribution >= 4 is 33.3 Å². The van der Waals surface area contributed by atoms with Crippen LogP contribution in [0.4, 0.5) is 17.3 Å². The fourth-order valence-electron chi connectivity index (χ4n) is 4.27. The Bertz CT molecular complexity index is 1820. The van der Waals surface area contributed by atoms with Gasteiger partial charge in [0, 0.05) is 40.6 Å². The van der Waals surface area contributed by atoms with Crippen molar-refractivity contribution in [2.45, 2.75) is 20.3 Å². The Morgan fingerprint density at radius 3 is 2.51 bits per heavy atom. The van der Waals surface area contributed by atoms with E-state index in [0.717, 1.165) is 28.2 Å². The maximum absolute atomic E-state index is 13.3. The molecule has 5 rings (SSSR count). The van der Waals surface area contributed by atoms with E-state index < -0.39 is 10.0 Å². The second-order valence-electron chi connectivity index (χ2n) is 9.67. The molecule has 2 aromatic heterocycles. The minimum absolute atomic E-state index is 0.198. The number of sulfonamides is 1. The van der Waals surface area contributed by atoms with Gasteiger partial charge in [-0.05, 0) is 67.8 Å². The third-order valence-corrected chi connectivity index (χ3v) is 7.17. The lowest BCUT2D eigenvalue weighted by Crippen LogP contribution is -2.18. The Morgan fingerprint density at radius 1 is 0.976 bits per heavy atom. The number of carbonyl (C=O) groups excluding carboxylic acids is 1. The number of aromatic nitrogens is 4. The first kappa shape index (κ1) is 27.7. The molecule has 5 aromatic rings. The summed E-state index contributed by atoms with van der Waals surface area (Å²) in [7, 11) is -3.65. The molecule has 208 valence electrons. The van der Waals surface area contributed by atoms with E-state index in [-0.39, 0.29) is 18.1 Å². The van der Waals surface area contributed by atoms with Crippen LogP contribution >= 0.6 is 0 Å². The number of nitrogens with one attached hydrogen (secondary N) is 2. The molecule has 0 fully saturated rings. The summed E-state index contributed by atoms with van der Waals surface area (Å²) in [6.45, 7) is 3.80. The average Bonchev–Trinajstić information content (AvgIpc) is 3.39. The van der Waals surface area contributed by atoms with Gasteiger partial charge in [-0.2, -0.15) is 0 Å². The van der Waals surface area contributed by atoms with Crippen LogP contribution in [0.5, 0.6) is 0 Å². The molecule has 0 bridgehead atoms. The summed E-state index contributed by atoms with van der Waals surface area (Å²) in [5.41, 5.74) is 6.56. The van der Waals surface area contributed by atoms with Crippen molar-refractivity contribution in [3.8, 4) is 16.9 Å². The molecular weight excluding hydrogens is 538 g/mol. The molecule has 2 heterocycles. The molecule has 11 heteroatoms. The maximum atomic E-state index is 13.3. The molecule has 0 saturated heterocycles. The van der Waals surface area contributed by atoms with Gasteiger partial charge in [0.15, 0.2) is 0 Å². The summed E-state index contributed by atoms with van der Waals surface area (Å²) < 4.78 is 24.9. The quantitative estimate of drug-likeness (QED) is 0.233. The highest BCUT2D eigenvalue weighted by Gasteiger charge is 2.13. The van der Waals surface area contributed by atoms with E-state index in [2.05, 4.69) is 25.6 Å². The van der Waals surface area contributed by atoms with Crippen LogP contribution in [-0.4, -0.2) is 39.6 Å². The van der Waals surface area contributed by atoms with Gasteiger partial charge in [0.1, 0.15) is 0 Å². The van der Waals surface area contributed by atoms with Crippen molar-refractivity contribution in [2.75, 3.05) is 16.4 Å². The molecule has 10 nitrogen and oxygen atoms in total. The van der Waals surface area contributed by atoms with Crippen LogP contribution in [0, 0.1) is 13.8 Å². The zero-order valence-electron chi connectivity index (χ0n) is 22.6. The number of nitrogens with two attached hydrogens (primary N) is 1. The van der Waals surface area contributed by atoms with Crippen LogP contribution in [0.1, 0.15) is 27.2 Å². The largest absolute Gasteiger partial charge is 0.324 e. The lowest BCUT2D eigenvalue weighted by atomic mass is 10.1. The predicted octanol–water partition coefficient (Wildman–Crippen LogP) is 4.77. The SMILES string of the molecule is Cc1cn(-c2cc(CCS(N)(=O)=O)cc(NC(=O)c3ccc(C)c(Nc4nccc(-c5ccccc5)n4)c3)c2)cn1. The first-order valence-electron chi connectivity index (χ1n) is 12.9. The van der Waals surface area contributed by atoms with Crippen molar-refractivity contribution in [1.82, 2.24) is 19.5 Å². The van der Waals surface area contributed by atoms with Crippen LogP contribution in [0.15, 0.2) is 91.5 Å². The molecular formula is C30H29N7O3S. The number of hydrogen-bond acceptors (Lipinski definition) is 7. The summed E-state index contributed by atoms with van der Waals surface area (Å²) in [6.07, 6.45) is 5.39. The maximum Gasteiger partial charge on any atom is 0.255 e. The van der Waals surface area contributed by atoms with Crippen LogP contribution in [-0.2, 0) is 16.4 Å². The average molecular weight is 568 g/mol. The third kappa shape index (κ3) is 7.21. The Morgan fingerprint density at radius 2 is 1.78 bits per heavy atom. The number of hydrogen-bond donors (Lipinski definition) is 3. The molecule has 0 spiro atoms. The number of aryl methyl sites for hydroxylation is 3. The highest BCUT2D eigenvalue weighted by atomic mass is 32.2. The topological polar surface area (TPSA) is 145 Å². The lowest BCUT2D eigenvalue weighted by molar-refractivity contribution is 0.102. The van der Waals surface area contributed by atoms with Gasteiger partial charge in [-0.3, -0.25) is 4.79 Å². The van der Waals surface area contributed by atoms with Crippen molar-refractivity contribution in [3.63, 3.8) is 0 Å². The molecule has 0 saturated carbocycles. The number of primary sulfonamides is 1. The molecule has 0 radical (unpaired) electrons. The normalized spacial score (nSPS) is 11.3. The highest BCUT2D eigenvalue weighted by molar-refractivity contribution is 7.89. The van der Waals surface area contributed by atoms with Gasteiger partial charge in [0.25, 0.3) is 5.91 Å². The van der Waals surface area contributed by atoms with E-state index in [1.807, 2.05) is 73.1 Å². The number of rotatable bonds is 9. The smallest absolute Gasteiger partial charge is 0.255 e. The van der Waals surface area contributed by atoms with Crippen molar-refractivity contribution in [3.05, 3.63) is 114 Å². The summed E-state index contributed by atoms with van der Waals surface area (Å²) in [5.74, 6) is -0.133. The zero-order valence-corrected chi connectivity index (χ0v) is 23.4. The molecule has 1 amide bonds. The summed E-state index contributed by atoms with van der Waals surface area (Å²) in [6, 6.07) is 22.4. The molecule has 0 aliphatic heterocycles. The zero-order chi connectivity index (χ0) is 29.0. The molecule has 4 N–H and O–H groups in total. The summed E-state index contributed by atoms with van der Waals surface area (Å²) >= 11 is 0. The number of imidazole rings is 1. The fourth-order valence-corrected chi connectivity index (χ4v) is 4.79. The van der Waals surface area contributed by atoms with Gasteiger partial charge in [-0.1, -0.05) is 36.4 Å². The molecule has 3 aromatic carbocycles. The van der Waals surface area contributed by atoms with Gasteiger partial charge in [0.2, 0.25) is 16.0 Å². The molecule has 0 aliphatic carbocycles. The number of anilines is 3. The Labute approximate surface area is 238 Å². The van der Waals surface area contributed by atoms with E-state index in [0.29, 0.717) is 28.5 Å². The summed E-state index contributed by atoms with van der Waals surface area (Å²) in [5, 5.41) is 11.4. The van der Waals surface area contributed by atoms with Gasteiger partial charge in [0.05, 0.1) is 23.5 Å². The van der Waals surface area contributed by atoms with Crippen LogP contribution in [0.25, 0.3) is 16.9 Å². The summed E-state index contributed by atoms with van der Waals surface area (Å²) in [4.78, 5) is 26.6. The molecule has 41 heavy (non-hydrogen) atoms. The third-order valence-electron chi connectivity index (χ3n) is 6.39. The Kier molecular flexibility index (Phi) is 7.90. The second-order valence-corrected chi connectivity index (χ2v) is 11.4. The molecule has 0 atom stereocenters. The number of benzene rings is 3. The minimum atomic E-state index is -3.65. The molecule has 0 aliphatic rings. The van der Waals surface area contributed by atoms with Gasteiger partial charge < -0.3 is 15.2 Å². The van der Waals surface area contributed by atoms with Crippen molar-refractivity contribution < 1.29 is 13.2 Å². The van der Waals surface area contributed by atoms with E-state index in [9.17, 15) is 13.2 Å². The van der Waals surface area contributed by atoms with Crippen LogP contribution in [0.2, 0.25) is 0 Å². The standard InChI is InChI=1S/C30H29N7O3S/c1-20-8-9-24(16-28(20)36-30-32-12-10-27(35-30)23-6-4-3-5-7-23)29(38)34-25-14-22(11-13-41(31,39)40)15-26(17-25)37-18-21(2)33-19-37/h3-10,12,14-19H,11,13H2,1-2H3,(H,34,38)(H2,31,39,40)(H,32,35,36). The van der Waals surface area contributed by atoms with E-state index in [4.69, 9.17) is 5.14 Å². The van der Waals surface area contributed by atoms with E-state index in [1.165, 1.54) is 0 Å². The van der Waals surface area contributed by atoms with Crippen molar-refractivity contribution in [1.29, 1.82) is 0 Å². The highest BCUT2D eigenvalue weighted by Crippen LogP contribution is 2.24. The van der Waals surface area contributed by atoms with Gasteiger partial charge in [-0.25, -0.2) is 28.5 Å². The van der Waals surface area contributed by atoms with Crippen LogP contribution < -0.4 is 15.8 Å². The van der Waals surface area contributed by atoms with Crippen LogP contribution in [0.3, 0.4) is 0 Å². The number of amides is 1. The predicted molar refractivity (Wildman–Crippen MR) is 160 cm³/mol. The van der Waals surface area contributed by atoms with E-state index >= 15 is 0 Å². The minimum Gasteiger partial charge on any atom is -0.324 e. The second kappa shape index (κ2) is 11.7. The first-order valence-corrected chi connectivity index (χ1v) is 14.6. The van der Waals surface area contributed by atoms with Gasteiger partial charge in [-0.15, -0.1) is 0 Å². The number of carbonyl (C=O) groups is 1. The first-order chi connectivity index (χ1) is 19.6. The monoisotopic (exact) mass is 567 g/mol. The Balaban J connectivity index is 1.39. The molecule has 0 unspecified atom stereocenters. The number of nitrogens with zero attached hydrogens (tertiary/aromatic N) is 4. The van der Waals surface area contributed by atoms with Gasteiger partial charge >= 0.3 is 0 Å². The fraction of sp³-hybridized carbons (Fsp3) is 0.133. The van der Waals surface area contributed by atoms with Crippen molar-refractivity contribution in [2.24, 2.45) is 5.14 Å².